The molecule has 0 aliphatic rings. The fraction of sp³-hybridized carbons (Fsp3) is 0.273. The van der Waals surface area contributed by atoms with Crippen LogP contribution in [0.3, 0.4) is 0 Å². The van der Waals surface area contributed by atoms with E-state index in [9.17, 15) is 14.0 Å². The summed E-state index contributed by atoms with van der Waals surface area (Å²) in [5, 5.41) is 10.7. The van der Waals surface area contributed by atoms with Crippen LogP contribution in [0.25, 0.3) is 0 Å². The van der Waals surface area contributed by atoms with Gasteiger partial charge in [0.25, 0.3) is 5.91 Å². The van der Waals surface area contributed by atoms with Crippen molar-refractivity contribution in [2.75, 3.05) is 13.8 Å². The number of halogens is 2. The molecule has 1 unspecified atom stereocenters. The second-order valence-corrected chi connectivity index (χ2v) is 4.22. The molecule has 0 radical (unpaired) electrons. The van der Waals surface area contributed by atoms with Crippen molar-refractivity contribution in [1.82, 2.24) is 5.32 Å². The van der Waals surface area contributed by atoms with Crippen molar-refractivity contribution in [3.05, 3.63) is 28.2 Å². The van der Waals surface area contributed by atoms with Crippen LogP contribution >= 0.6 is 15.9 Å². The van der Waals surface area contributed by atoms with Crippen LogP contribution in [0.4, 0.5) is 4.39 Å². The van der Waals surface area contributed by atoms with Gasteiger partial charge in [-0.05, 0) is 34.1 Å². The van der Waals surface area contributed by atoms with Crippen molar-refractivity contribution in [2.24, 2.45) is 0 Å². The summed E-state index contributed by atoms with van der Waals surface area (Å²) in [5.41, 5.74) is 0.211. The number of amides is 1. The molecule has 5 nitrogen and oxygen atoms in total. The first-order chi connectivity index (χ1) is 8.49. The van der Waals surface area contributed by atoms with Gasteiger partial charge in [-0.25, -0.2) is 9.18 Å². The molecule has 0 saturated heterocycles. The maximum atomic E-state index is 12.4. The Labute approximate surface area is 111 Å². The second-order valence-electron chi connectivity index (χ2n) is 3.37. The van der Waals surface area contributed by atoms with Crippen molar-refractivity contribution >= 4 is 27.8 Å². The van der Waals surface area contributed by atoms with Crippen LogP contribution in [0.15, 0.2) is 22.7 Å². The van der Waals surface area contributed by atoms with Gasteiger partial charge in [-0.1, -0.05) is 0 Å². The number of nitrogens with one attached hydrogen (secondary N) is 1. The molecule has 1 aromatic carbocycles. The number of aliphatic carboxylic acids is 1. The Kier molecular flexibility index (Phi) is 5.08. The lowest BCUT2D eigenvalue weighted by atomic mass is 10.2. The van der Waals surface area contributed by atoms with Crippen molar-refractivity contribution in [3.8, 4) is 5.75 Å². The number of hydrogen-bond acceptors (Lipinski definition) is 3. The predicted molar refractivity (Wildman–Crippen MR) is 65.6 cm³/mol. The Morgan fingerprint density at radius 1 is 1.56 bits per heavy atom. The highest BCUT2D eigenvalue weighted by atomic mass is 79.9. The summed E-state index contributed by atoms with van der Waals surface area (Å²) in [6.07, 6.45) is 0. The van der Waals surface area contributed by atoms with E-state index < -0.39 is 24.6 Å². The van der Waals surface area contributed by atoms with Crippen LogP contribution < -0.4 is 10.1 Å². The average molecular weight is 320 g/mol. The van der Waals surface area contributed by atoms with Gasteiger partial charge in [-0.3, -0.25) is 4.79 Å². The molecular weight excluding hydrogens is 309 g/mol. The number of carboxylic acid groups (broad SMARTS) is 1. The van der Waals surface area contributed by atoms with Crippen molar-refractivity contribution in [1.29, 1.82) is 0 Å². The Hall–Kier alpha value is -1.63. The van der Waals surface area contributed by atoms with Gasteiger partial charge in [0.15, 0.2) is 6.04 Å². The maximum Gasteiger partial charge on any atom is 0.328 e. The molecule has 0 spiro atoms. The molecule has 0 bridgehead atoms. The SMILES string of the molecule is COc1ccc(C(=O)NC(CF)C(=O)O)cc1Br. The predicted octanol–water partition coefficient (Wildman–Crippen LogP) is 1.61. The summed E-state index contributed by atoms with van der Waals surface area (Å²) in [7, 11) is 1.48. The number of benzene rings is 1. The van der Waals surface area contributed by atoms with Gasteiger partial charge in [-0.15, -0.1) is 0 Å². The zero-order chi connectivity index (χ0) is 13.7. The topological polar surface area (TPSA) is 75.6 Å². The molecule has 18 heavy (non-hydrogen) atoms. The van der Waals surface area contributed by atoms with Gasteiger partial charge < -0.3 is 15.2 Å². The summed E-state index contributed by atoms with van der Waals surface area (Å²) >= 11 is 3.19. The lowest BCUT2D eigenvalue weighted by Gasteiger charge is -2.11. The van der Waals surface area contributed by atoms with Crippen LogP contribution in [-0.4, -0.2) is 36.8 Å². The van der Waals surface area contributed by atoms with Gasteiger partial charge in [-0.2, -0.15) is 0 Å². The van der Waals surface area contributed by atoms with Crippen LogP contribution in [-0.2, 0) is 4.79 Å². The first-order valence-electron chi connectivity index (χ1n) is 4.92. The molecule has 1 atom stereocenters. The van der Waals surface area contributed by atoms with E-state index in [4.69, 9.17) is 9.84 Å². The van der Waals surface area contributed by atoms with Crippen LogP contribution in [0, 0.1) is 0 Å². The smallest absolute Gasteiger partial charge is 0.328 e. The van der Waals surface area contributed by atoms with Crippen LogP contribution in [0.1, 0.15) is 10.4 Å². The minimum absolute atomic E-state index is 0.211. The van der Waals surface area contributed by atoms with E-state index >= 15 is 0 Å². The Bertz CT molecular complexity index is 466. The number of carbonyl (C=O) groups is 2. The summed E-state index contributed by atoms with van der Waals surface area (Å²) in [6, 6.07) is 2.92. The quantitative estimate of drug-likeness (QED) is 0.864. The third-order valence-corrected chi connectivity index (χ3v) is 2.79. The molecule has 0 aliphatic heterocycles. The van der Waals surface area contributed by atoms with Crippen LogP contribution in [0.2, 0.25) is 0 Å². The molecule has 0 aliphatic carbocycles. The highest BCUT2D eigenvalue weighted by Gasteiger charge is 2.20. The molecule has 0 aromatic heterocycles. The average Bonchev–Trinajstić information content (AvgIpc) is 2.35. The number of alkyl halides is 1. The first kappa shape index (κ1) is 14.4. The van der Waals surface area contributed by atoms with E-state index in [0.717, 1.165) is 0 Å². The largest absolute Gasteiger partial charge is 0.496 e. The van der Waals surface area contributed by atoms with Crippen molar-refractivity contribution < 1.29 is 23.8 Å². The third kappa shape index (κ3) is 3.43. The third-order valence-electron chi connectivity index (χ3n) is 2.17. The lowest BCUT2D eigenvalue weighted by molar-refractivity contribution is -0.139. The summed E-state index contributed by atoms with van der Waals surface area (Å²) < 4.78 is 17.9. The zero-order valence-electron chi connectivity index (χ0n) is 9.44. The molecule has 0 fully saturated rings. The van der Waals surface area contributed by atoms with E-state index in [1.54, 1.807) is 6.07 Å². The molecule has 1 aromatic rings. The van der Waals surface area contributed by atoms with Crippen molar-refractivity contribution in [2.45, 2.75) is 6.04 Å². The van der Waals surface area contributed by atoms with E-state index in [2.05, 4.69) is 21.2 Å². The number of hydrogen-bond donors (Lipinski definition) is 2. The molecule has 0 heterocycles. The highest BCUT2D eigenvalue weighted by molar-refractivity contribution is 9.10. The molecule has 98 valence electrons. The minimum atomic E-state index is -1.54. The fourth-order valence-corrected chi connectivity index (χ4v) is 1.76. The molecule has 2 N–H and O–H groups in total. The highest BCUT2D eigenvalue weighted by Crippen LogP contribution is 2.25. The first-order valence-corrected chi connectivity index (χ1v) is 5.72. The van der Waals surface area contributed by atoms with E-state index in [0.29, 0.717) is 10.2 Å². The normalized spacial score (nSPS) is 11.7. The minimum Gasteiger partial charge on any atom is -0.496 e. The molecule has 7 heteroatoms. The maximum absolute atomic E-state index is 12.4. The number of carboxylic acids is 1. The summed E-state index contributed by atoms with van der Waals surface area (Å²) in [4.78, 5) is 22.2. The van der Waals surface area contributed by atoms with Gasteiger partial charge in [0.05, 0.1) is 11.6 Å². The zero-order valence-corrected chi connectivity index (χ0v) is 11.0. The van der Waals surface area contributed by atoms with Crippen molar-refractivity contribution in [3.63, 3.8) is 0 Å². The Morgan fingerprint density at radius 3 is 2.67 bits per heavy atom. The lowest BCUT2D eigenvalue weighted by Crippen LogP contribution is -2.42. The van der Waals surface area contributed by atoms with E-state index in [1.807, 2.05) is 0 Å². The molecule has 1 amide bonds. The van der Waals surface area contributed by atoms with Gasteiger partial charge in [0, 0.05) is 5.56 Å². The standard InChI is InChI=1S/C11H11BrFNO4/c1-18-9-3-2-6(4-7(9)12)10(15)14-8(5-13)11(16)17/h2-4,8H,5H2,1H3,(H,14,15)(H,16,17). The Morgan fingerprint density at radius 2 is 2.22 bits per heavy atom. The fourth-order valence-electron chi connectivity index (χ4n) is 1.22. The number of ether oxygens (including phenoxy) is 1. The second kappa shape index (κ2) is 6.34. The van der Waals surface area contributed by atoms with Gasteiger partial charge in [0.1, 0.15) is 12.4 Å². The van der Waals surface area contributed by atoms with Gasteiger partial charge >= 0.3 is 5.97 Å². The van der Waals surface area contributed by atoms with Crippen LogP contribution in [0.5, 0.6) is 5.75 Å². The number of methoxy groups -OCH3 is 1. The summed E-state index contributed by atoms with van der Waals surface area (Å²) in [6.45, 7) is -1.17. The molecule has 0 saturated carbocycles. The monoisotopic (exact) mass is 319 g/mol. The molecular formula is C11H11BrFNO4. The number of rotatable bonds is 5. The van der Waals surface area contributed by atoms with Gasteiger partial charge in [0.2, 0.25) is 0 Å². The summed E-state index contributed by atoms with van der Waals surface area (Å²) in [5.74, 6) is -1.55. The number of carbonyl (C=O) groups excluding carboxylic acids is 1. The van der Waals surface area contributed by atoms with E-state index in [1.165, 1.54) is 19.2 Å². The Balaban J connectivity index is 2.84. The van der Waals surface area contributed by atoms with E-state index in [-0.39, 0.29) is 5.56 Å². The molecule has 1 rings (SSSR count).